The topological polar surface area (TPSA) is 154 Å². The zero-order valence-electron chi connectivity index (χ0n) is 14.3. The van der Waals surface area contributed by atoms with Gasteiger partial charge >= 0.3 is 0 Å². The lowest BCUT2D eigenvalue weighted by atomic mass is 10.1. The van der Waals surface area contributed by atoms with Gasteiger partial charge in [0.15, 0.2) is 0 Å². The molecule has 0 bridgehead atoms. The van der Waals surface area contributed by atoms with Crippen molar-refractivity contribution in [3.63, 3.8) is 0 Å². The summed E-state index contributed by atoms with van der Waals surface area (Å²) < 4.78 is 0. The van der Waals surface area contributed by atoms with E-state index in [-0.39, 0.29) is 28.6 Å². The van der Waals surface area contributed by atoms with Crippen molar-refractivity contribution < 1.29 is 9.72 Å². The lowest BCUT2D eigenvalue weighted by Gasteiger charge is -2.26. The predicted octanol–water partition coefficient (Wildman–Crippen LogP) is 1.71. The molecule has 2 heterocycles. The van der Waals surface area contributed by atoms with Crippen LogP contribution in [0, 0.1) is 21.4 Å². The summed E-state index contributed by atoms with van der Waals surface area (Å²) in [6.45, 7) is 1.28. The molecule has 11 nitrogen and oxygen atoms in total. The van der Waals surface area contributed by atoms with Crippen LogP contribution >= 0.6 is 0 Å². The first-order valence-corrected chi connectivity index (χ1v) is 8.28. The number of rotatable bonds is 5. The van der Waals surface area contributed by atoms with Crippen LogP contribution in [-0.2, 0) is 0 Å². The van der Waals surface area contributed by atoms with Gasteiger partial charge in [0.1, 0.15) is 11.6 Å². The van der Waals surface area contributed by atoms with E-state index in [9.17, 15) is 20.2 Å². The zero-order valence-corrected chi connectivity index (χ0v) is 14.3. The number of H-pyrrole nitrogens is 1. The van der Waals surface area contributed by atoms with Crippen molar-refractivity contribution in [2.24, 2.45) is 0 Å². The second-order valence-electron chi connectivity index (χ2n) is 5.93. The molecule has 1 fully saturated rings. The van der Waals surface area contributed by atoms with Crippen molar-refractivity contribution in [2.45, 2.75) is 19.3 Å². The number of nitrogens with one attached hydrogen (secondary N) is 2. The number of carbonyl (C=O) groups is 1. The fourth-order valence-corrected chi connectivity index (χ4v) is 2.78. The van der Waals surface area contributed by atoms with Crippen LogP contribution in [0.2, 0.25) is 0 Å². The van der Waals surface area contributed by atoms with E-state index in [4.69, 9.17) is 0 Å². The maximum absolute atomic E-state index is 12.7. The molecule has 11 heteroatoms. The Bertz CT molecular complexity index is 910. The molecule has 0 atom stereocenters. The molecule has 1 saturated heterocycles. The average Bonchev–Trinajstić information content (AvgIpc) is 3.23. The molecule has 1 aliphatic rings. The summed E-state index contributed by atoms with van der Waals surface area (Å²) in [6.07, 6.45) is 4.22. The maximum atomic E-state index is 12.7. The highest BCUT2D eigenvalue weighted by Crippen LogP contribution is 2.24. The van der Waals surface area contributed by atoms with E-state index in [0.717, 1.165) is 19.3 Å². The van der Waals surface area contributed by atoms with Crippen LogP contribution in [0.1, 0.15) is 35.4 Å². The SMILES string of the molecule is N#CC(=CNc1cc(C(=O)N2CCCCC2)cc([N+](=O)[O-])c1)c1nn[nH]n1. The minimum Gasteiger partial charge on any atom is -0.360 e. The summed E-state index contributed by atoms with van der Waals surface area (Å²) in [6, 6.07) is 5.97. The van der Waals surface area contributed by atoms with E-state index in [1.165, 1.54) is 24.4 Å². The fraction of sp³-hybridized carbons (Fsp3) is 0.312. The number of anilines is 1. The summed E-state index contributed by atoms with van der Waals surface area (Å²) in [7, 11) is 0. The number of carbonyl (C=O) groups excluding carboxylic acids is 1. The minimum atomic E-state index is -0.563. The van der Waals surface area contributed by atoms with Crippen LogP contribution in [-0.4, -0.2) is 49.4 Å². The molecule has 138 valence electrons. The van der Waals surface area contributed by atoms with Gasteiger partial charge in [-0.2, -0.15) is 10.5 Å². The van der Waals surface area contributed by atoms with Crippen molar-refractivity contribution in [3.8, 4) is 6.07 Å². The number of nitrogens with zero attached hydrogens (tertiary/aromatic N) is 6. The third-order valence-electron chi connectivity index (χ3n) is 4.11. The number of benzene rings is 1. The normalized spacial score (nSPS) is 14.5. The predicted molar refractivity (Wildman–Crippen MR) is 94.2 cm³/mol. The molecule has 1 aromatic heterocycles. The van der Waals surface area contributed by atoms with Gasteiger partial charge in [-0.1, -0.05) is 0 Å². The van der Waals surface area contributed by atoms with Crippen molar-refractivity contribution in [1.82, 2.24) is 25.5 Å². The van der Waals surface area contributed by atoms with Crippen LogP contribution < -0.4 is 5.32 Å². The van der Waals surface area contributed by atoms with Gasteiger partial charge in [0.05, 0.1) is 4.92 Å². The van der Waals surface area contributed by atoms with Gasteiger partial charge in [-0.25, -0.2) is 0 Å². The quantitative estimate of drug-likeness (QED) is 0.459. The second kappa shape index (κ2) is 8.05. The largest absolute Gasteiger partial charge is 0.360 e. The number of hydrogen-bond acceptors (Lipinski definition) is 8. The van der Waals surface area contributed by atoms with E-state index >= 15 is 0 Å². The summed E-state index contributed by atoms with van der Waals surface area (Å²) in [4.78, 5) is 25.1. The molecule has 1 amide bonds. The van der Waals surface area contributed by atoms with Crippen LogP contribution in [0.5, 0.6) is 0 Å². The van der Waals surface area contributed by atoms with E-state index < -0.39 is 4.92 Å². The highest BCUT2D eigenvalue weighted by Gasteiger charge is 2.21. The monoisotopic (exact) mass is 368 g/mol. The zero-order chi connectivity index (χ0) is 19.2. The van der Waals surface area contributed by atoms with Crippen molar-refractivity contribution in [2.75, 3.05) is 18.4 Å². The number of amides is 1. The summed E-state index contributed by atoms with van der Waals surface area (Å²) >= 11 is 0. The Morgan fingerprint density at radius 3 is 2.74 bits per heavy atom. The number of nitriles is 1. The molecule has 1 aromatic carbocycles. The molecule has 2 aromatic rings. The van der Waals surface area contributed by atoms with E-state index in [0.29, 0.717) is 18.8 Å². The number of nitro groups is 1. The first-order chi connectivity index (χ1) is 13.1. The Hall–Kier alpha value is -3.81. The van der Waals surface area contributed by atoms with Crippen molar-refractivity contribution in [3.05, 3.63) is 45.9 Å². The van der Waals surface area contributed by atoms with Gasteiger partial charge < -0.3 is 10.2 Å². The van der Waals surface area contributed by atoms with Gasteiger partial charge in [-0.15, -0.1) is 10.2 Å². The Morgan fingerprint density at radius 2 is 2.11 bits per heavy atom. The van der Waals surface area contributed by atoms with Gasteiger partial charge in [0.25, 0.3) is 11.6 Å². The number of aromatic nitrogens is 4. The first-order valence-electron chi connectivity index (χ1n) is 8.28. The average molecular weight is 368 g/mol. The number of nitro benzene ring substituents is 1. The Labute approximate surface area is 153 Å². The maximum Gasteiger partial charge on any atom is 0.272 e. The molecule has 3 rings (SSSR count). The van der Waals surface area contributed by atoms with Gasteiger partial charge in [0.2, 0.25) is 5.82 Å². The third kappa shape index (κ3) is 4.24. The smallest absolute Gasteiger partial charge is 0.272 e. The fourth-order valence-electron chi connectivity index (χ4n) is 2.78. The van der Waals surface area contributed by atoms with Crippen LogP contribution in [0.3, 0.4) is 0 Å². The molecule has 0 unspecified atom stereocenters. The number of hydrogen-bond donors (Lipinski definition) is 2. The summed E-state index contributed by atoms with van der Waals surface area (Å²) in [5, 5.41) is 36.2. The first kappa shape index (κ1) is 18.0. The van der Waals surface area contributed by atoms with E-state index in [2.05, 4.69) is 25.9 Å². The molecule has 0 radical (unpaired) electrons. The van der Waals surface area contributed by atoms with E-state index in [1.807, 2.05) is 6.07 Å². The number of tetrazole rings is 1. The molecule has 2 N–H and O–H groups in total. The molecule has 0 spiro atoms. The lowest BCUT2D eigenvalue weighted by molar-refractivity contribution is -0.384. The van der Waals surface area contributed by atoms with Crippen LogP contribution in [0.15, 0.2) is 24.4 Å². The standard InChI is InChI=1S/C16H16N8O3/c17-9-12(15-19-21-22-20-15)10-18-13-6-11(7-14(8-13)24(26)27)16(25)23-4-2-1-3-5-23/h6-8,10,18H,1-5H2,(H,19,20,21,22). The Balaban J connectivity index is 1.88. The van der Waals surface area contributed by atoms with Gasteiger partial charge in [-0.05, 0) is 30.5 Å². The number of allylic oxidation sites excluding steroid dienone is 1. The minimum absolute atomic E-state index is 0.0826. The molecule has 1 aliphatic heterocycles. The van der Waals surface area contributed by atoms with E-state index in [1.54, 1.807) is 4.90 Å². The molecule has 27 heavy (non-hydrogen) atoms. The lowest BCUT2D eigenvalue weighted by Crippen LogP contribution is -2.35. The van der Waals surface area contributed by atoms with Crippen LogP contribution in [0.4, 0.5) is 11.4 Å². The third-order valence-corrected chi connectivity index (χ3v) is 4.11. The van der Waals surface area contributed by atoms with Gasteiger partial charge in [0, 0.05) is 42.7 Å². The molecular weight excluding hydrogens is 352 g/mol. The summed E-state index contributed by atoms with van der Waals surface area (Å²) in [5.74, 6) is -0.163. The Kier molecular flexibility index (Phi) is 5.36. The van der Waals surface area contributed by atoms with Crippen molar-refractivity contribution >= 4 is 22.9 Å². The number of aromatic amines is 1. The summed E-state index contributed by atoms with van der Waals surface area (Å²) in [5.41, 5.74) is 0.395. The second-order valence-corrected chi connectivity index (χ2v) is 5.93. The highest BCUT2D eigenvalue weighted by molar-refractivity contribution is 5.96. The number of piperidine rings is 1. The van der Waals surface area contributed by atoms with Crippen LogP contribution in [0.25, 0.3) is 5.57 Å². The van der Waals surface area contributed by atoms with Crippen molar-refractivity contribution in [1.29, 1.82) is 5.26 Å². The number of non-ortho nitro benzene ring substituents is 1. The molecular formula is C16H16N8O3. The molecule has 0 saturated carbocycles. The highest BCUT2D eigenvalue weighted by atomic mass is 16.6. The molecule has 0 aliphatic carbocycles. The number of likely N-dealkylation sites (tertiary alicyclic amines) is 1. The van der Waals surface area contributed by atoms with Gasteiger partial charge in [-0.3, -0.25) is 14.9 Å². The Morgan fingerprint density at radius 1 is 1.33 bits per heavy atom.